The molecule has 0 aromatic heterocycles. The van der Waals surface area contributed by atoms with Crippen LogP contribution in [0.3, 0.4) is 0 Å². The van der Waals surface area contributed by atoms with Gasteiger partial charge in [-0.1, -0.05) is 36.4 Å². The first kappa shape index (κ1) is 19.4. The molecule has 1 heterocycles. The van der Waals surface area contributed by atoms with E-state index in [1.807, 2.05) is 54.6 Å². The van der Waals surface area contributed by atoms with E-state index in [1.165, 1.54) is 0 Å². The Kier molecular flexibility index (Phi) is 6.85. The monoisotopic (exact) mass is 368 g/mol. The van der Waals surface area contributed by atoms with Crippen molar-refractivity contribution in [3.63, 3.8) is 0 Å². The van der Waals surface area contributed by atoms with Gasteiger partial charge in [-0.3, -0.25) is 4.79 Å². The van der Waals surface area contributed by atoms with Gasteiger partial charge in [-0.05, 0) is 44.1 Å². The second kappa shape index (κ2) is 9.53. The van der Waals surface area contributed by atoms with Gasteiger partial charge in [0.2, 0.25) is 0 Å². The second-order valence-corrected chi connectivity index (χ2v) is 7.12. The molecule has 2 aromatic rings. The summed E-state index contributed by atoms with van der Waals surface area (Å²) in [6.07, 6.45) is 2.00. The van der Waals surface area contributed by atoms with Crippen LogP contribution < -0.4 is 15.4 Å². The Labute approximate surface area is 161 Å². The predicted molar refractivity (Wildman–Crippen MR) is 106 cm³/mol. The van der Waals surface area contributed by atoms with E-state index in [1.54, 1.807) is 7.11 Å². The minimum Gasteiger partial charge on any atom is -0.489 e. The van der Waals surface area contributed by atoms with Crippen LogP contribution >= 0.6 is 0 Å². The van der Waals surface area contributed by atoms with E-state index in [0.29, 0.717) is 25.3 Å². The van der Waals surface area contributed by atoms with Gasteiger partial charge in [-0.25, -0.2) is 0 Å². The van der Waals surface area contributed by atoms with Crippen LogP contribution in [0.4, 0.5) is 0 Å². The topological polar surface area (TPSA) is 59.6 Å². The van der Waals surface area contributed by atoms with Gasteiger partial charge >= 0.3 is 0 Å². The van der Waals surface area contributed by atoms with Crippen LogP contribution in [0.2, 0.25) is 0 Å². The number of piperidine rings is 1. The number of ether oxygens (including phenoxy) is 2. The predicted octanol–water partition coefficient (Wildman–Crippen LogP) is 3.01. The average molecular weight is 368 g/mol. The Morgan fingerprint density at radius 2 is 1.78 bits per heavy atom. The SMILES string of the molecule is COCC1(CNC(=O)c2ccccc2COc2ccccc2)CCNCC1. The normalized spacial score (nSPS) is 15.9. The molecule has 1 saturated heterocycles. The molecule has 2 aromatic carbocycles. The highest BCUT2D eigenvalue weighted by molar-refractivity contribution is 5.95. The summed E-state index contributed by atoms with van der Waals surface area (Å²) >= 11 is 0. The average Bonchev–Trinajstić information content (AvgIpc) is 2.72. The Morgan fingerprint density at radius 3 is 2.52 bits per heavy atom. The van der Waals surface area contributed by atoms with Gasteiger partial charge in [0.25, 0.3) is 5.91 Å². The van der Waals surface area contributed by atoms with E-state index in [4.69, 9.17) is 9.47 Å². The van der Waals surface area contributed by atoms with E-state index in [9.17, 15) is 4.79 Å². The van der Waals surface area contributed by atoms with Crippen molar-refractivity contribution < 1.29 is 14.3 Å². The molecule has 2 N–H and O–H groups in total. The van der Waals surface area contributed by atoms with Crippen LogP contribution in [0.5, 0.6) is 5.75 Å². The van der Waals surface area contributed by atoms with Crippen molar-refractivity contribution in [1.82, 2.24) is 10.6 Å². The Morgan fingerprint density at radius 1 is 1.07 bits per heavy atom. The number of rotatable bonds is 8. The van der Waals surface area contributed by atoms with E-state index < -0.39 is 0 Å². The third-order valence-electron chi connectivity index (χ3n) is 5.14. The molecule has 27 heavy (non-hydrogen) atoms. The molecule has 1 fully saturated rings. The van der Waals surface area contributed by atoms with Crippen molar-refractivity contribution in [2.75, 3.05) is 33.4 Å². The summed E-state index contributed by atoms with van der Waals surface area (Å²) in [7, 11) is 1.72. The Hall–Kier alpha value is -2.37. The van der Waals surface area contributed by atoms with E-state index in [-0.39, 0.29) is 11.3 Å². The Bertz CT molecular complexity index is 722. The molecular formula is C22H28N2O3. The molecule has 0 spiro atoms. The lowest BCUT2D eigenvalue weighted by molar-refractivity contribution is 0.0511. The van der Waals surface area contributed by atoms with Gasteiger partial charge in [0, 0.05) is 30.2 Å². The summed E-state index contributed by atoms with van der Waals surface area (Å²) in [6.45, 7) is 3.56. The molecular weight excluding hydrogens is 340 g/mol. The number of nitrogens with one attached hydrogen (secondary N) is 2. The lowest BCUT2D eigenvalue weighted by Crippen LogP contribution is -2.47. The highest BCUT2D eigenvalue weighted by Crippen LogP contribution is 2.28. The number of carbonyl (C=O) groups is 1. The molecule has 5 nitrogen and oxygen atoms in total. The molecule has 144 valence electrons. The maximum atomic E-state index is 12.8. The zero-order valence-electron chi connectivity index (χ0n) is 15.9. The zero-order chi connectivity index (χ0) is 19.0. The fraction of sp³-hybridized carbons (Fsp3) is 0.409. The van der Waals surface area contributed by atoms with Crippen LogP contribution in [0.15, 0.2) is 54.6 Å². The highest BCUT2D eigenvalue weighted by Gasteiger charge is 2.32. The summed E-state index contributed by atoms with van der Waals surface area (Å²) in [5, 5.41) is 6.50. The lowest BCUT2D eigenvalue weighted by atomic mass is 9.79. The smallest absolute Gasteiger partial charge is 0.251 e. The number of carbonyl (C=O) groups excluding carboxylic acids is 1. The van der Waals surface area contributed by atoms with Crippen LogP contribution in [0, 0.1) is 5.41 Å². The van der Waals surface area contributed by atoms with Gasteiger partial charge in [0.15, 0.2) is 0 Å². The molecule has 3 rings (SSSR count). The molecule has 0 bridgehead atoms. The standard InChI is InChI=1S/C22H28N2O3/c1-26-17-22(11-13-23-14-12-22)16-24-21(25)20-10-6-5-7-18(20)15-27-19-8-3-2-4-9-19/h2-10,23H,11-17H2,1H3,(H,24,25). The zero-order valence-corrected chi connectivity index (χ0v) is 15.9. The first-order valence-electron chi connectivity index (χ1n) is 9.46. The number of methoxy groups -OCH3 is 1. The van der Waals surface area contributed by atoms with Crippen molar-refractivity contribution in [2.45, 2.75) is 19.4 Å². The summed E-state index contributed by atoms with van der Waals surface area (Å²) in [5.41, 5.74) is 1.55. The minimum atomic E-state index is -0.0590. The van der Waals surface area contributed by atoms with E-state index in [2.05, 4.69) is 10.6 Å². The summed E-state index contributed by atoms with van der Waals surface area (Å²) in [4.78, 5) is 12.8. The largest absolute Gasteiger partial charge is 0.489 e. The van der Waals surface area contributed by atoms with Gasteiger partial charge < -0.3 is 20.1 Å². The number of hydrogen-bond donors (Lipinski definition) is 2. The second-order valence-electron chi connectivity index (χ2n) is 7.12. The first-order chi connectivity index (χ1) is 13.2. The van der Waals surface area contributed by atoms with Crippen LogP contribution in [0.1, 0.15) is 28.8 Å². The summed E-state index contributed by atoms with van der Waals surface area (Å²) in [5.74, 6) is 0.734. The first-order valence-corrected chi connectivity index (χ1v) is 9.46. The van der Waals surface area contributed by atoms with Crippen LogP contribution in [-0.2, 0) is 11.3 Å². The summed E-state index contributed by atoms with van der Waals surface area (Å²) < 4.78 is 11.3. The van der Waals surface area contributed by atoms with Crippen molar-refractivity contribution in [3.05, 3.63) is 65.7 Å². The van der Waals surface area contributed by atoms with Crippen molar-refractivity contribution in [2.24, 2.45) is 5.41 Å². The van der Waals surface area contributed by atoms with E-state index in [0.717, 1.165) is 37.2 Å². The number of benzene rings is 2. The molecule has 0 saturated carbocycles. The molecule has 0 radical (unpaired) electrons. The molecule has 1 aliphatic rings. The Balaban J connectivity index is 1.64. The molecule has 5 heteroatoms. The van der Waals surface area contributed by atoms with Crippen molar-refractivity contribution >= 4 is 5.91 Å². The third-order valence-corrected chi connectivity index (χ3v) is 5.14. The lowest BCUT2D eigenvalue weighted by Gasteiger charge is -2.37. The fourth-order valence-corrected chi connectivity index (χ4v) is 3.54. The van der Waals surface area contributed by atoms with Crippen molar-refractivity contribution in [3.8, 4) is 5.75 Å². The number of para-hydroxylation sites is 1. The third kappa shape index (κ3) is 5.31. The van der Waals surface area contributed by atoms with Gasteiger partial charge in [-0.15, -0.1) is 0 Å². The highest BCUT2D eigenvalue weighted by atomic mass is 16.5. The molecule has 0 atom stereocenters. The number of amides is 1. The molecule has 1 aliphatic heterocycles. The molecule has 0 unspecified atom stereocenters. The molecule has 1 amide bonds. The van der Waals surface area contributed by atoms with Crippen LogP contribution in [-0.4, -0.2) is 39.3 Å². The van der Waals surface area contributed by atoms with Gasteiger partial charge in [0.1, 0.15) is 12.4 Å². The quantitative estimate of drug-likeness (QED) is 0.752. The van der Waals surface area contributed by atoms with Crippen LogP contribution in [0.25, 0.3) is 0 Å². The number of hydrogen-bond acceptors (Lipinski definition) is 4. The maximum absolute atomic E-state index is 12.8. The van der Waals surface area contributed by atoms with Gasteiger partial charge in [-0.2, -0.15) is 0 Å². The van der Waals surface area contributed by atoms with Crippen molar-refractivity contribution in [1.29, 1.82) is 0 Å². The maximum Gasteiger partial charge on any atom is 0.251 e. The van der Waals surface area contributed by atoms with Gasteiger partial charge in [0.05, 0.1) is 6.61 Å². The van der Waals surface area contributed by atoms with E-state index >= 15 is 0 Å². The minimum absolute atomic E-state index is 0.00510. The summed E-state index contributed by atoms with van der Waals surface area (Å²) in [6, 6.07) is 17.2. The fourth-order valence-electron chi connectivity index (χ4n) is 3.54. The molecule has 0 aliphatic carbocycles.